The molecule has 130 valence electrons. The van der Waals surface area contributed by atoms with Crippen molar-refractivity contribution in [3.63, 3.8) is 0 Å². The Morgan fingerprint density at radius 1 is 1.16 bits per heavy atom. The number of benzene rings is 2. The topological polar surface area (TPSA) is 86.5 Å². The third-order valence-corrected chi connectivity index (χ3v) is 3.47. The van der Waals surface area contributed by atoms with Crippen LogP contribution in [0.4, 0.5) is 14.5 Å². The van der Waals surface area contributed by atoms with E-state index in [2.05, 4.69) is 0 Å². The Morgan fingerprint density at radius 2 is 1.84 bits per heavy atom. The highest BCUT2D eigenvalue weighted by molar-refractivity contribution is 6.31. The van der Waals surface area contributed by atoms with Crippen LogP contribution in [0.5, 0.6) is 0 Å². The third kappa shape index (κ3) is 4.16. The first kappa shape index (κ1) is 18.5. The van der Waals surface area contributed by atoms with E-state index in [1.807, 2.05) is 0 Å². The minimum atomic E-state index is -1.37. The second-order valence-corrected chi connectivity index (χ2v) is 5.40. The summed E-state index contributed by atoms with van der Waals surface area (Å²) in [7, 11) is 0. The van der Waals surface area contributed by atoms with Gasteiger partial charge in [0.2, 0.25) is 5.78 Å². The molecule has 9 heteroatoms. The van der Waals surface area contributed by atoms with E-state index in [0.29, 0.717) is 6.07 Å². The molecule has 0 fully saturated rings. The molecular weight excluding hydrogens is 360 g/mol. The number of carbonyl (C=O) groups is 2. The molecule has 2 rings (SSSR count). The molecule has 0 aliphatic heterocycles. The highest BCUT2D eigenvalue weighted by Crippen LogP contribution is 2.24. The maximum atomic E-state index is 13.2. The number of hydrogen-bond acceptors (Lipinski definition) is 5. The minimum absolute atomic E-state index is 0.0502. The zero-order valence-corrected chi connectivity index (χ0v) is 13.4. The lowest BCUT2D eigenvalue weighted by Crippen LogP contribution is -2.25. The molecule has 2 aromatic rings. The summed E-state index contributed by atoms with van der Waals surface area (Å²) in [5, 5.41) is 11.0. The van der Waals surface area contributed by atoms with Gasteiger partial charge < -0.3 is 4.74 Å². The Hall–Kier alpha value is -2.87. The quantitative estimate of drug-likeness (QED) is 0.344. The van der Waals surface area contributed by atoms with E-state index in [9.17, 15) is 28.5 Å². The summed E-state index contributed by atoms with van der Waals surface area (Å²) < 4.78 is 31.0. The van der Waals surface area contributed by atoms with Crippen LogP contribution in [0.15, 0.2) is 36.4 Å². The molecule has 0 aromatic heterocycles. The van der Waals surface area contributed by atoms with Crippen LogP contribution >= 0.6 is 11.6 Å². The van der Waals surface area contributed by atoms with Gasteiger partial charge >= 0.3 is 5.97 Å². The Balaban J connectivity index is 2.21. The maximum absolute atomic E-state index is 13.2. The molecule has 0 amide bonds. The number of ether oxygens (including phenoxy) is 1. The number of nitro benzene ring substituents is 1. The number of halogens is 3. The lowest BCUT2D eigenvalue weighted by Gasteiger charge is -2.12. The smallest absolute Gasteiger partial charge is 0.345 e. The van der Waals surface area contributed by atoms with E-state index < -0.39 is 40.1 Å². The predicted molar refractivity (Wildman–Crippen MR) is 83.7 cm³/mol. The van der Waals surface area contributed by atoms with Crippen molar-refractivity contribution < 1.29 is 28.0 Å². The SMILES string of the molecule is CC(OC(=O)c1ccc(Cl)cc1[N+](=O)[O-])C(=O)c1ccc(F)c(F)c1. The lowest BCUT2D eigenvalue weighted by atomic mass is 10.1. The first-order valence-electron chi connectivity index (χ1n) is 6.85. The molecule has 1 unspecified atom stereocenters. The average molecular weight is 370 g/mol. The lowest BCUT2D eigenvalue weighted by molar-refractivity contribution is -0.385. The molecule has 0 heterocycles. The van der Waals surface area contributed by atoms with Crippen molar-refractivity contribution in [1.82, 2.24) is 0 Å². The molecule has 0 aliphatic rings. The van der Waals surface area contributed by atoms with Crippen LogP contribution in [0.25, 0.3) is 0 Å². The highest BCUT2D eigenvalue weighted by Gasteiger charge is 2.26. The third-order valence-electron chi connectivity index (χ3n) is 3.23. The van der Waals surface area contributed by atoms with Gasteiger partial charge in [0.15, 0.2) is 17.7 Å². The van der Waals surface area contributed by atoms with E-state index in [-0.39, 0.29) is 16.1 Å². The molecule has 0 bridgehead atoms. The Labute approximate surface area is 145 Å². The number of nitrogens with zero attached hydrogens (tertiary/aromatic N) is 1. The van der Waals surface area contributed by atoms with Gasteiger partial charge in [0.1, 0.15) is 5.56 Å². The summed E-state index contributed by atoms with van der Waals surface area (Å²) in [5.74, 6) is -4.26. The van der Waals surface area contributed by atoms with Crippen LogP contribution in [-0.2, 0) is 4.74 Å². The van der Waals surface area contributed by atoms with Gasteiger partial charge in [-0.15, -0.1) is 0 Å². The fourth-order valence-corrected chi connectivity index (χ4v) is 2.16. The second-order valence-electron chi connectivity index (χ2n) is 4.96. The number of ketones is 1. The Kier molecular flexibility index (Phi) is 5.43. The first-order valence-corrected chi connectivity index (χ1v) is 7.22. The molecule has 0 radical (unpaired) electrons. The van der Waals surface area contributed by atoms with Gasteiger partial charge in [-0.1, -0.05) is 11.6 Å². The number of carbonyl (C=O) groups excluding carboxylic acids is 2. The monoisotopic (exact) mass is 369 g/mol. The molecule has 2 aromatic carbocycles. The van der Waals surface area contributed by atoms with Gasteiger partial charge in [-0.3, -0.25) is 14.9 Å². The van der Waals surface area contributed by atoms with Crippen molar-refractivity contribution in [2.75, 3.05) is 0 Å². The summed E-state index contributed by atoms with van der Waals surface area (Å²) in [6.45, 7) is 1.21. The van der Waals surface area contributed by atoms with Crippen LogP contribution in [0.1, 0.15) is 27.6 Å². The molecule has 6 nitrogen and oxygen atoms in total. The minimum Gasteiger partial charge on any atom is -0.450 e. The van der Waals surface area contributed by atoms with E-state index in [1.54, 1.807) is 0 Å². The summed E-state index contributed by atoms with van der Waals surface area (Å²) in [5.41, 5.74) is -1.17. The second kappa shape index (κ2) is 7.35. The Morgan fingerprint density at radius 3 is 2.44 bits per heavy atom. The van der Waals surface area contributed by atoms with E-state index >= 15 is 0 Å². The molecule has 0 N–H and O–H groups in total. The van der Waals surface area contributed by atoms with Crippen LogP contribution < -0.4 is 0 Å². The fourth-order valence-electron chi connectivity index (χ4n) is 1.99. The molecular formula is C16H10ClF2NO5. The van der Waals surface area contributed by atoms with Gasteiger partial charge in [-0.2, -0.15) is 0 Å². The molecule has 0 saturated heterocycles. The number of Topliss-reactive ketones (excluding diaryl/α,β-unsaturated/α-hetero) is 1. The summed E-state index contributed by atoms with van der Waals surface area (Å²) >= 11 is 5.65. The summed E-state index contributed by atoms with van der Waals surface area (Å²) in [4.78, 5) is 34.4. The molecule has 1 atom stereocenters. The van der Waals surface area contributed by atoms with Crippen molar-refractivity contribution in [2.24, 2.45) is 0 Å². The average Bonchev–Trinajstić information content (AvgIpc) is 2.56. The van der Waals surface area contributed by atoms with Gasteiger partial charge in [0, 0.05) is 16.7 Å². The van der Waals surface area contributed by atoms with Gasteiger partial charge in [0.25, 0.3) is 5.69 Å². The van der Waals surface area contributed by atoms with Gasteiger partial charge in [0.05, 0.1) is 4.92 Å². The zero-order chi connectivity index (χ0) is 18.7. The summed E-state index contributed by atoms with van der Waals surface area (Å²) in [6, 6.07) is 5.80. The summed E-state index contributed by atoms with van der Waals surface area (Å²) in [6.07, 6.45) is -1.37. The van der Waals surface area contributed by atoms with E-state index in [4.69, 9.17) is 16.3 Å². The first-order chi connectivity index (χ1) is 11.7. The van der Waals surface area contributed by atoms with E-state index in [1.165, 1.54) is 13.0 Å². The van der Waals surface area contributed by atoms with Crippen molar-refractivity contribution in [2.45, 2.75) is 13.0 Å². The molecule has 0 aliphatic carbocycles. The Bertz CT molecular complexity index is 872. The standard InChI is InChI=1S/C16H10ClF2NO5/c1-8(15(21)9-2-5-12(18)13(19)6-9)25-16(22)11-4-3-10(17)7-14(11)20(23)24/h2-8H,1H3. The van der Waals surface area contributed by atoms with Gasteiger partial charge in [-0.25, -0.2) is 13.6 Å². The number of rotatable bonds is 5. The fraction of sp³-hybridized carbons (Fsp3) is 0.125. The largest absolute Gasteiger partial charge is 0.450 e. The number of hydrogen-bond donors (Lipinski definition) is 0. The number of nitro groups is 1. The van der Waals surface area contributed by atoms with Crippen LogP contribution in [0.3, 0.4) is 0 Å². The zero-order valence-electron chi connectivity index (χ0n) is 12.7. The van der Waals surface area contributed by atoms with Crippen molar-refractivity contribution in [3.05, 3.63) is 74.3 Å². The normalized spacial score (nSPS) is 11.7. The molecule has 25 heavy (non-hydrogen) atoms. The molecule has 0 spiro atoms. The van der Waals surface area contributed by atoms with E-state index in [0.717, 1.165) is 24.3 Å². The molecule has 0 saturated carbocycles. The predicted octanol–water partition coefficient (Wildman–Crippen LogP) is 3.95. The van der Waals surface area contributed by atoms with Crippen LogP contribution in [-0.4, -0.2) is 22.8 Å². The van der Waals surface area contributed by atoms with Crippen LogP contribution in [0, 0.1) is 21.7 Å². The van der Waals surface area contributed by atoms with Crippen molar-refractivity contribution in [3.8, 4) is 0 Å². The van der Waals surface area contributed by atoms with Crippen molar-refractivity contribution in [1.29, 1.82) is 0 Å². The maximum Gasteiger partial charge on any atom is 0.345 e. The highest BCUT2D eigenvalue weighted by atomic mass is 35.5. The van der Waals surface area contributed by atoms with Crippen molar-refractivity contribution >= 4 is 29.0 Å². The number of esters is 1. The van der Waals surface area contributed by atoms with Crippen LogP contribution in [0.2, 0.25) is 5.02 Å². The van der Waals surface area contributed by atoms with Gasteiger partial charge in [-0.05, 0) is 37.3 Å².